The number of carbonyl (C=O) groups excluding carboxylic acids is 1. The first-order chi connectivity index (χ1) is 12.1. The van der Waals surface area contributed by atoms with Crippen LogP contribution in [0.3, 0.4) is 0 Å². The molecule has 1 N–H and O–H groups in total. The molecular weight excluding hydrogens is 361 g/mol. The third kappa shape index (κ3) is 3.17. The first-order valence-electron chi connectivity index (χ1n) is 7.95. The van der Waals surface area contributed by atoms with E-state index in [4.69, 9.17) is 27.9 Å². The van der Waals surface area contributed by atoms with E-state index in [1.54, 1.807) is 28.8 Å². The summed E-state index contributed by atoms with van der Waals surface area (Å²) in [5, 5.41) is 3.90. The molecule has 0 spiro atoms. The van der Waals surface area contributed by atoms with Gasteiger partial charge in [0.05, 0.1) is 11.2 Å². The van der Waals surface area contributed by atoms with E-state index in [0.29, 0.717) is 21.5 Å². The molecule has 0 unspecified atom stereocenters. The molecule has 2 aromatic heterocycles. The van der Waals surface area contributed by atoms with Crippen molar-refractivity contribution in [3.8, 4) is 5.75 Å². The predicted octanol–water partition coefficient (Wildman–Crippen LogP) is 3.98. The van der Waals surface area contributed by atoms with Gasteiger partial charge in [-0.05, 0) is 24.3 Å². The van der Waals surface area contributed by atoms with Crippen LogP contribution in [0.4, 0.5) is 0 Å². The molecule has 128 valence electrons. The maximum absolute atomic E-state index is 12.4. The molecule has 1 amide bonds. The van der Waals surface area contributed by atoms with Crippen LogP contribution in [0.2, 0.25) is 10.0 Å². The number of halogens is 2. The van der Waals surface area contributed by atoms with Gasteiger partial charge in [-0.25, -0.2) is 4.98 Å². The summed E-state index contributed by atoms with van der Waals surface area (Å²) in [6.07, 6.45) is 4.88. The van der Waals surface area contributed by atoms with E-state index in [1.807, 2.05) is 24.4 Å². The minimum Gasteiger partial charge on any atom is -0.489 e. The minimum atomic E-state index is -0.136. The van der Waals surface area contributed by atoms with Crippen LogP contribution in [0.1, 0.15) is 23.3 Å². The number of nitrogens with one attached hydrogen (secondary N) is 1. The summed E-state index contributed by atoms with van der Waals surface area (Å²) in [4.78, 5) is 16.7. The Hall–Kier alpha value is -2.24. The van der Waals surface area contributed by atoms with Crippen molar-refractivity contribution in [2.45, 2.75) is 25.0 Å². The molecule has 3 aromatic rings. The van der Waals surface area contributed by atoms with Crippen molar-refractivity contribution in [2.24, 2.45) is 0 Å². The van der Waals surface area contributed by atoms with E-state index in [9.17, 15) is 4.79 Å². The molecule has 1 aromatic carbocycles. The normalized spacial score (nSPS) is 19.4. The molecule has 2 heterocycles. The number of hydrogen-bond acceptors (Lipinski definition) is 3. The van der Waals surface area contributed by atoms with Crippen LogP contribution < -0.4 is 10.1 Å². The summed E-state index contributed by atoms with van der Waals surface area (Å²) >= 11 is 12.1. The highest BCUT2D eigenvalue weighted by Crippen LogP contribution is 2.35. The number of imidazole rings is 1. The topological polar surface area (TPSA) is 55.6 Å². The zero-order chi connectivity index (χ0) is 17.4. The number of carbonyl (C=O) groups is 1. The highest BCUT2D eigenvalue weighted by atomic mass is 35.5. The third-order valence-electron chi connectivity index (χ3n) is 4.29. The van der Waals surface area contributed by atoms with Crippen molar-refractivity contribution in [3.05, 3.63) is 64.5 Å². The maximum Gasteiger partial charge on any atom is 0.270 e. The van der Waals surface area contributed by atoms with Gasteiger partial charge in [0.25, 0.3) is 5.91 Å². The lowest BCUT2D eigenvalue weighted by molar-refractivity contribution is 0.0697. The lowest BCUT2D eigenvalue weighted by Crippen LogP contribution is -2.49. The minimum absolute atomic E-state index is 0.0171. The Kier molecular flexibility index (Phi) is 4.27. The van der Waals surface area contributed by atoms with Gasteiger partial charge in [-0.15, -0.1) is 0 Å². The van der Waals surface area contributed by atoms with Crippen LogP contribution in [0, 0.1) is 0 Å². The van der Waals surface area contributed by atoms with Gasteiger partial charge < -0.3 is 10.1 Å². The van der Waals surface area contributed by atoms with Gasteiger partial charge in [0, 0.05) is 25.1 Å². The molecule has 4 rings (SSSR count). The highest BCUT2D eigenvalue weighted by molar-refractivity contribution is 6.42. The quantitative estimate of drug-likeness (QED) is 0.750. The van der Waals surface area contributed by atoms with E-state index in [0.717, 1.165) is 18.5 Å². The Balaban J connectivity index is 1.35. The largest absolute Gasteiger partial charge is 0.489 e. The van der Waals surface area contributed by atoms with Crippen LogP contribution in [0.15, 0.2) is 48.8 Å². The first kappa shape index (κ1) is 16.2. The van der Waals surface area contributed by atoms with Gasteiger partial charge in [-0.3, -0.25) is 9.20 Å². The molecule has 1 saturated carbocycles. The van der Waals surface area contributed by atoms with E-state index in [1.165, 1.54) is 0 Å². The van der Waals surface area contributed by atoms with Crippen molar-refractivity contribution in [2.75, 3.05) is 0 Å². The van der Waals surface area contributed by atoms with Crippen molar-refractivity contribution < 1.29 is 9.53 Å². The van der Waals surface area contributed by atoms with Crippen LogP contribution in [-0.2, 0) is 0 Å². The Morgan fingerprint density at radius 1 is 1.20 bits per heavy atom. The number of ether oxygens (including phenoxy) is 1. The van der Waals surface area contributed by atoms with Crippen molar-refractivity contribution in [1.82, 2.24) is 14.7 Å². The fourth-order valence-corrected chi connectivity index (χ4v) is 3.23. The van der Waals surface area contributed by atoms with Crippen molar-refractivity contribution in [3.63, 3.8) is 0 Å². The molecule has 0 saturated heterocycles. The number of hydrogen-bond donors (Lipinski definition) is 1. The number of amides is 1. The SMILES string of the molecule is O=C(NC1CC(Oc2cccc(Cl)c2Cl)C1)c1cnc2ccccn12. The van der Waals surface area contributed by atoms with Gasteiger partial charge in [0.15, 0.2) is 0 Å². The molecule has 0 aliphatic heterocycles. The molecule has 0 bridgehead atoms. The molecule has 0 radical (unpaired) electrons. The third-order valence-corrected chi connectivity index (χ3v) is 5.09. The molecule has 1 aliphatic rings. The molecule has 25 heavy (non-hydrogen) atoms. The average molecular weight is 376 g/mol. The van der Waals surface area contributed by atoms with Crippen LogP contribution in [-0.4, -0.2) is 27.4 Å². The summed E-state index contributed by atoms with van der Waals surface area (Å²) in [6, 6.07) is 11.0. The van der Waals surface area contributed by atoms with Gasteiger partial charge in [0.1, 0.15) is 28.2 Å². The second kappa shape index (κ2) is 6.58. The van der Waals surface area contributed by atoms with Crippen molar-refractivity contribution in [1.29, 1.82) is 0 Å². The highest BCUT2D eigenvalue weighted by Gasteiger charge is 2.33. The monoisotopic (exact) mass is 375 g/mol. The van der Waals surface area contributed by atoms with Gasteiger partial charge in [-0.2, -0.15) is 0 Å². The van der Waals surface area contributed by atoms with Crippen LogP contribution in [0.25, 0.3) is 5.65 Å². The van der Waals surface area contributed by atoms with E-state index < -0.39 is 0 Å². The first-order valence-corrected chi connectivity index (χ1v) is 8.71. The average Bonchev–Trinajstić information content (AvgIpc) is 3.01. The zero-order valence-corrected chi connectivity index (χ0v) is 14.7. The molecule has 1 aliphatic carbocycles. The summed E-state index contributed by atoms with van der Waals surface area (Å²) in [7, 11) is 0. The Bertz CT molecular complexity index is 935. The molecule has 1 fully saturated rings. The Morgan fingerprint density at radius 2 is 2.04 bits per heavy atom. The predicted molar refractivity (Wildman–Crippen MR) is 96.6 cm³/mol. The zero-order valence-electron chi connectivity index (χ0n) is 13.2. The molecular formula is C18H15Cl2N3O2. The van der Waals surface area contributed by atoms with Gasteiger partial charge >= 0.3 is 0 Å². The molecule has 7 heteroatoms. The Labute approximate surface area is 154 Å². The second-order valence-corrected chi connectivity index (χ2v) is 6.79. The summed E-state index contributed by atoms with van der Waals surface area (Å²) < 4.78 is 7.62. The number of aromatic nitrogens is 2. The van der Waals surface area contributed by atoms with Crippen LogP contribution in [0.5, 0.6) is 5.75 Å². The van der Waals surface area contributed by atoms with Gasteiger partial charge in [0.2, 0.25) is 0 Å². The summed E-state index contributed by atoms with van der Waals surface area (Å²) in [6.45, 7) is 0. The number of nitrogens with zero attached hydrogens (tertiary/aromatic N) is 2. The lowest BCUT2D eigenvalue weighted by atomic mass is 9.89. The van der Waals surface area contributed by atoms with E-state index in [2.05, 4.69) is 10.3 Å². The fourth-order valence-electron chi connectivity index (χ4n) is 2.89. The summed E-state index contributed by atoms with van der Waals surface area (Å²) in [5.41, 5.74) is 1.27. The molecule has 0 atom stereocenters. The smallest absolute Gasteiger partial charge is 0.270 e. The van der Waals surface area contributed by atoms with Crippen LogP contribution >= 0.6 is 23.2 Å². The summed E-state index contributed by atoms with van der Waals surface area (Å²) in [5.74, 6) is 0.439. The van der Waals surface area contributed by atoms with Gasteiger partial charge in [-0.1, -0.05) is 35.3 Å². The number of benzene rings is 1. The fraction of sp³-hybridized carbons (Fsp3) is 0.222. The van der Waals surface area contributed by atoms with E-state index in [-0.39, 0.29) is 18.1 Å². The number of fused-ring (bicyclic) bond motifs is 1. The Morgan fingerprint density at radius 3 is 2.88 bits per heavy atom. The lowest BCUT2D eigenvalue weighted by Gasteiger charge is -2.35. The number of rotatable bonds is 4. The second-order valence-electron chi connectivity index (χ2n) is 6.01. The number of pyridine rings is 1. The maximum atomic E-state index is 12.4. The van der Waals surface area contributed by atoms with Crippen molar-refractivity contribution >= 4 is 34.8 Å². The molecule has 5 nitrogen and oxygen atoms in total. The van der Waals surface area contributed by atoms with E-state index >= 15 is 0 Å². The standard InChI is InChI=1S/C18H15Cl2N3O2/c19-13-4-3-5-15(17(13)20)25-12-8-11(9-12)22-18(24)14-10-21-16-6-1-2-7-23(14)16/h1-7,10-12H,8-9H2,(H,22,24).